The van der Waals surface area contributed by atoms with E-state index in [2.05, 4.69) is 22.2 Å². The molecule has 194 valence electrons. The summed E-state index contributed by atoms with van der Waals surface area (Å²) in [4.78, 5) is 18.6. The molecule has 8 nitrogen and oxygen atoms in total. The highest BCUT2D eigenvalue weighted by atomic mass is 32.2. The first-order chi connectivity index (χ1) is 17.3. The zero-order valence-electron chi connectivity index (χ0n) is 21.0. The third-order valence-corrected chi connectivity index (χ3v) is 9.24. The second-order valence-electron chi connectivity index (χ2n) is 10.5. The van der Waals surface area contributed by atoms with Crippen molar-refractivity contribution >= 4 is 35.3 Å². The quantitative estimate of drug-likeness (QED) is 0.649. The molecule has 5 atom stereocenters. The summed E-state index contributed by atoms with van der Waals surface area (Å²) in [5.74, 6) is 1.27. The van der Waals surface area contributed by atoms with E-state index in [4.69, 9.17) is 4.74 Å². The molecule has 2 aliphatic heterocycles. The zero-order chi connectivity index (χ0) is 25.3. The first-order valence-corrected chi connectivity index (χ1v) is 13.3. The minimum Gasteiger partial charge on any atom is -0.379 e. The highest BCUT2D eigenvalue weighted by Crippen LogP contribution is 2.55. The minimum atomic E-state index is -0.463. The lowest BCUT2D eigenvalue weighted by Crippen LogP contribution is -2.50. The van der Waals surface area contributed by atoms with Gasteiger partial charge in [0, 0.05) is 38.8 Å². The van der Waals surface area contributed by atoms with Gasteiger partial charge >= 0.3 is 0 Å². The number of nitrogens with zero attached hydrogens (tertiary/aromatic N) is 5. The summed E-state index contributed by atoms with van der Waals surface area (Å²) in [5, 5.41) is 8.08. The topological polar surface area (TPSA) is 65.9 Å². The molecule has 1 N–H and O–H groups in total. The lowest BCUT2D eigenvalue weighted by molar-refractivity contribution is -0.124. The Kier molecular flexibility index (Phi) is 5.92. The third kappa shape index (κ3) is 3.69. The molecule has 1 aromatic heterocycles. The van der Waals surface area contributed by atoms with E-state index in [0.29, 0.717) is 49.7 Å². The SMILES string of the molecule is CC(C(=O)N(C)c1cc2c(cc1F)N(C)C(c1nn(SF)c3c1CC1C(C3)[C@H]1C)N2)N1CCOCC1. The molecule has 1 saturated carbocycles. The number of nitrogens with one attached hydrogen (secondary N) is 1. The predicted molar refractivity (Wildman–Crippen MR) is 136 cm³/mol. The molecule has 4 unspecified atom stereocenters. The summed E-state index contributed by atoms with van der Waals surface area (Å²) in [6, 6.07) is 2.78. The van der Waals surface area contributed by atoms with Crippen molar-refractivity contribution in [1.29, 1.82) is 0 Å². The summed E-state index contributed by atoms with van der Waals surface area (Å²) in [6.45, 7) is 6.65. The summed E-state index contributed by atoms with van der Waals surface area (Å²) < 4.78 is 35.9. The van der Waals surface area contributed by atoms with Gasteiger partial charge in [-0.25, -0.2) is 4.39 Å². The smallest absolute Gasteiger partial charge is 0.243 e. The Bertz CT molecular complexity index is 1200. The molecule has 0 bridgehead atoms. The van der Waals surface area contributed by atoms with Gasteiger partial charge in [-0.3, -0.25) is 9.69 Å². The number of morpholine rings is 1. The van der Waals surface area contributed by atoms with Gasteiger partial charge in [0.05, 0.1) is 42.0 Å². The van der Waals surface area contributed by atoms with Crippen LogP contribution in [0.5, 0.6) is 0 Å². The Morgan fingerprint density at radius 1 is 1.28 bits per heavy atom. The average molecular weight is 519 g/mol. The van der Waals surface area contributed by atoms with Gasteiger partial charge in [-0.1, -0.05) is 6.92 Å². The van der Waals surface area contributed by atoms with E-state index in [1.165, 1.54) is 15.1 Å². The van der Waals surface area contributed by atoms with Crippen molar-refractivity contribution < 1.29 is 17.8 Å². The van der Waals surface area contributed by atoms with Gasteiger partial charge in [0.2, 0.25) is 5.91 Å². The molecule has 2 aromatic rings. The number of rotatable bonds is 5. The number of amides is 1. The molecule has 1 saturated heterocycles. The molecule has 0 radical (unpaired) electrons. The highest BCUT2D eigenvalue weighted by Gasteiger charge is 2.51. The van der Waals surface area contributed by atoms with Gasteiger partial charge in [-0.2, -0.15) is 9.19 Å². The lowest BCUT2D eigenvalue weighted by atomic mass is 9.95. The number of aromatic nitrogens is 2. The van der Waals surface area contributed by atoms with E-state index in [9.17, 15) is 8.68 Å². The maximum absolute atomic E-state index is 15.3. The van der Waals surface area contributed by atoms with E-state index < -0.39 is 5.82 Å². The lowest BCUT2D eigenvalue weighted by Gasteiger charge is -2.33. The average Bonchev–Trinajstić information content (AvgIpc) is 3.22. The van der Waals surface area contributed by atoms with Crippen LogP contribution < -0.4 is 15.1 Å². The fourth-order valence-corrected chi connectivity index (χ4v) is 6.71. The molecule has 3 heterocycles. The van der Waals surface area contributed by atoms with Crippen LogP contribution in [0.15, 0.2) is 12.1 Å². The van der Waals surface area contributed by atoms with Crippen LogP contribution in [-0.4, -0.2) is 66.4 Å². The van der Waals surface area contributed by atoms with E-state index in [-0.39, 0.29) is 36.1 Å². The third-order valence-electron chi connectivity index (χ3n) is 8.81. The van der Waals surface area contributed by atoms with Crippen molar-refractivity contribution in [2.45, 2.75) is 38.9 Å². The van der Waals surface area contributed by atoms with Crippen LogP contribution in [-0.2, 0) is 22.4 Å². The van der Waals surface area contributed by atoms with Crippen molar-refractivity contribution in [2.75, 3.05) is 55.5 Å². The molecule has 11 heteroatoms. The standard InChI is InChI=1S/C25H32F2N6O2S/c1-13-15-9-17-20(10-16(13)15)33(36-27)29-23(17)24-28-19-12-21(18(26)11-22(19)30(24)3)31(4)25(34)14(2)32-5-7-35-8-6-32/h11-16,24,28H,5-10H2,1-4H3/t13-,14?,15?,16?,24?/m0/s1. The first kappa shape index (κ1) is 24.0. The number of anilines is 3. The number of carbonyl (C=O) groups is 1. The van der Waals surface area contributed by atoms with Crippen molar-refractivity contribution in [1.82, 2.24) is 14.1 Å². The van der Waals surface area contributed by atoms with Crippen molar-refractivity contribution in [3.63, 3.8) is 0 Å². The normalized spacial score (nSPS) is 27.7. The first-order valence-electron chi connectivity index (χ1n) is 12.6. The Hall–Kier alpha value is -2.37. The maximum atomic E-state index is 15.3. The molecule has 36 heavy (non-hydrogen) atoms. The minimum absolute atomic E-state index is 0.140. The fourth-order valence-electron chi connectivity index (χ4n) is 6.32. The van der Waals surface area contributed by atoms with E-state index in [1.54, 1.807) is 13.1 Å². The predicted octanol–water partition coefficient (Wildman–Crippen LogP) is 3.63. The number of ether oxygens (including phenoxy) is 1. The van der Waals surface area contributed by atoms with Crippen LogP contribution in [0.1, 0.15) is 37.0 Å². The molecule has 1 aromatic carbocycles. The molecule has 2 fully saturated rings. The second-order valence-corrected chi connectivity index (χ2v) is 11.0. The summed E-state index contributed by atoms with van der Waals surface area (Å²) in [7, 11) is 3.50. The fraction of sp³-hybridized carbons (Fsp3) is 0.600. The largest absolute Gasteiger partial charge is 0.379 e. The Morgan fingerprint density at radius 3 is 2.72 bits per heavy atom. The Balaban J connectivity index is 1.27. The van der Waals surface area contributed by atoms with Crippen LogP contribution in [0.25, 0.3) is 0 Å². The number of benzene rings is 1. The number of hydrogen-bond acceptors (Lipinski definition) is 7. The maximum Gasteiger partial charge on any atom is 0.243 e. The van der Waals surface area contributed by atoms with E-state index in [1.807, 2.05) is 18.9 Å². The van der Waals surface area contributed by atoms with Gasteiger partial charge in [-0.15, -0.1) is 3.89 Å². The molecular weight excluding hydrogens is 486 g/mol. The van der Waals surface area contributed by atoms with Crippen molar-refractivity contribution in [3.8, 4) is 0 Å². The molecule has 2 aliphatic carbocycles. The summed E-state index contributed by atoms with van der Waals surface area (Å²) >= 11 is 0.140. The van der Waals surface area contributed by atoms with E-state index >= 15 is 4.39 Å². The highest BCUT2D eigenvalue weighted by molar-refractivity contribution is 7.92. The Labute approximate surface area is 214 Å². The summed E-state index contributed by atoms with van der Waals surface area (Å²) in [6.07, 6.45) is 1.41. The van der Waals surface area contributed by atoms with Crippen LogP contribution in [0.2, 0.25) is 0 Å². The Morgan fingerprint density at radius 2 is 2.00 bits per heavy atom. The van der Waals surface area contributed by atoms with Gasteiger partial charge in [0.25, 0.3) is 0 Å². The van der Waals surface area contributed by atoms with Crippen LogP contribution >= 0.6 is 12.3 Å². The number of carbonyl (C=O) groups excluding carboxylic acids is 1. The van der Waals surface area contributed by atoms with Crippen LogP contribution in [0, 0.1) is 23.6 Å². The van der Waals surface area contributed by atoms with Gasteiger partial charge in [-0.05, 0) is 43.6 Å². The molecule has 1 amide bonds. The van der Waals surface area contributed by atoms with Crippen molar-refractivity contribution in [3.05, 3.63) is 34.9 Å². The van der Waals surface area contributed by atoms with Gasteiger partial charge in [0.1, 0.15) is 17.7 Å². The van der Waals surface area contributed by atoms with Gasteiger partial charge < -0.3 is 19.9 Å². The number of fused-ring (bicyclic) bond motifs is 3. The molecule has 6 rings (SSSR count). The molecule has 4 aliphatic rings. The monoisotopic (exact) mass is 518 g/mol. The van der Waals surface area contributed by atoms with Crippen molar-refractivity contribution in [2.24, 2.45) is 17.8 Å². The second kappa shape index (κ2) is 8.88. The van der Waals surface area contributed by atoms with Crippen LogP contribution in [0.4, 0.5) is 25.3 Å². The molecule has 0 spiro atoms. The molecular formula is C25H32F2N6O2S. The number of halogens is 2. The number of hydrogen-bond donors (Lipinski definition) is 1. The van der Waals surface area contributed by atoms with Gasteiger partial charge in [0.15, 0.2) is 12.3 Å². The van der Waals surface area contributed by atoms with Crippen LogP contribution in [0.3, 0.4) is 0 Å². The van der Waals surface area contributed by atoms with E-state index in [0.717, 1.165) is 35.5 Å². The summed E-state index contributed by atoms with van der Waals surface area (Å²) in [5.41, 5.74) is 4.50. The number of likely N-dealkylation sites (N-methyl/N-ethyl adjacent to an activating group) is 1. The zero-order valence-corrected chi connectivity index (χ0v) is 21.8.